The first-order valence-electron chi connectivity index (χ1n) is 14.3. The van der Waals surface area contributed by atoms with Crippen molar-refractivity contribution in [3.05, 3.63) is 139 Å². The van der Waals surface area contributed by atoms with Crippen molar-refractivity contribution in [1.29, 1.82) is 0 Å². The Labute approximate surface area is 271 Å². The summed E-state index contributed by atoms with van der Waals surface area (Å²) in [5, 5.41) is 5.57. The first-order chi connectivity index (χ1) is 20.6. The van der Waals surface area contributed by atoms with E-state index in [1.807, 2.05) is 6.07 Å². The fourth-order valence-electron chi connectivity index (χ4n) is 5.63. The van der Waals surface area contributed by atoms with Crippen LogP contribution < -0.4 is 10.4 Å². The van der Waals surface area contributed by atoms with E-state index in [1.165, 1.54) is 84.9 Å². The molecular formula is C38H32Cl2SiZr. The molecule has 0 fully saturated rings. The molecule has 206 valence electrons. The van der Waals surface area contributed by atoms with E-state index in [9.17, 15) is 0 Å². The average Bonchev–Trinajstić information content (AvgIpc) is 3.62. The van der Waals surface area contributed by atoms with E-state index in [2.05, 4.69) is 135 Å². The molecule has 1 aliphatic heterocycles. The number of unbranched alkanes of at least 4 members (excludes halogenated alkanes) is 1. The van der Waals surface area contributed by atoms with E-state index in [4.69, 9.17) is 17.0 Å². The minimum Gasteiger partial charge on any atom is -0.184 e. The number of fused-ring (bicyclic) bond motifs is 4. The predicted octanol–water partition coefficient (Wildman–Crippen LogP) is 10.0. The molecule has 6 aromatic rings. The SMILES string of the molecule is CCCCc1cc2c(-c3ccccc3-c3ccccc3)c(C)ccc2[cH-]1.[Cl][Zr+2][Cl].[c-]1cccc2c1[Si]c1ccccc1-2. The molecule has 0 unspecified atom stereocenters. The Balaban J connectivity index is 0.000000183. The fourth-order valence-corrected chi connectivity index (χ4v) is 6.94. The number of hydrogen-bond acceptors (Lipinski definition) is 0. The Morgan fingerprint density at radius 1 is 0.762 bits per heavy atom. The molecule has 7 rings (SSSR count). The molecule has 0 bridgehead atoms. The van der Waals surface area contributed by atoms with Gasteiger partial charge in [0, 0.05) is 0 Å². The molecule has 0 N–H and O–H groups in total. The van der Waals surface area contributed by atoms with Crippen LogP contribution in [0.2, 0.25) is 0 Å². The molecule has 6 aromatic carbocycles. The van der Waals surface area contributed by atoms with Gasteiger partial charge in [-0.05, 0) is 30.0 Å². The van der Waals surface area contributed by atoms with Gasteiger partial charge in [0.1, 0.15) is 0 Å². The summed E-state index contributed by atoms with van der Waals surface area (Å²) in [7, 11) is 10.7. The van der Waals surface area contributed by atoms with Crippen molar-refractivity contribution in [3.8, 4) is 33.4 Å². The second-order valence-electron chi connectivity index (χ2n) is 10.3. The Morgan fingerprint density at radius 3 is 2.19 bits per heavy atom. The Kier molecular flexibility index (Phi) is 11.2. The number of benzene rings is 5. The van der Waals surface area contributed by atoms with E-state index < -0.39 is 20.8 Å². The van der Waals surface area contributed by atoms with E-state index in [0.717, 1.165) is 9.52 Å². The molecule has 0 aliphatic carbocycles. The van der Waals surface area contributed by atoms with Crippen LogP contribution in [0, 0.1) is 13.0 Å². The summed E-state index contributed by atoms with van der Waals surface area (Å²) in [5.74, 6) is 0. The summed E-state index contributed by atoms with van der Waals surface area (Å²) in [5.41, 5.74) is 10.9. The van der Waals surface area contributed by atoms with E-state index >= 15 is 0 Å². The van der Waals surface area contributed by atoms with Gasteiger partial charge in [0.2, 0.25) is 0 Å². The van der Waals surface area contributed by atoms with Gasteiger partial charge in [-0.3, -0.25) is 0 Å². The van der Waals surface area contributed by atoms with Crippen molar-refractivity contribution in [3.63, 3.8) is 0 Å². The van der Waals surface area contributed by atoms with Crippen molar-refractivity contribution < 1.29 is 20.8 Å². The van der Waals surface area contributed by atoms with Gasteiger partial charge in [-0.25, -0.2) is 0 Å². The van der Waals surface area contributed by atoms with Crippen LogP contribution in [0.25, 0.3) is 44.2 Å². The Hall–Kier alpha value is -2.61. The van der Waals surface area contributed by atoms with Crippen molar-refractivity contribution in [1.82, 2.24) is 0 Å². The van der Waals surface area contributed by atoms with Crippen LogP contribution in [-0.4, -0.2) is 9.52 Å². The normalized spacial score (nSPS) is 11.0. The van der Waals surface area contributed by atoms with E-state index in [-0.39, 0.29) is 0 Å². The summed E-state index contributed by atoms with van der Waals surface area (Å²) in [6.07, 6.45) is 3.67. The molecule has 1 aliphatic rings. The minimum absolute atomic E-state index is 0.795. The largest absolute Gasteiger partial charge is 0.184 e. The number of rotatable bonds is 5. The third-order valence-corrected chi connectivity index (χ3v) is 8.96. The molecule has 2 radical (unpaired) electrons. The third-order valence-electron chi connectivity index (χ3n) is 7.59. The van der Waals surface area contributed by atoms with Gasteiger partial charge in [-0.15, -0.1) is 40.1 Å². The summed E-state index contributed by atoms with van der Waals surface area (Å²) in [6, 6.07) is 47.0. The van der Waals surface area contributed by atoms with Crippen LogP contribution in [-0.2, 0) is 27.3 Å². The minimum atomic E-state index is -0.826. The van der Waals surface area contributed by atoms with Crippen LogP contribution >= 0.6 is 17.0 Å². The molecule has 42 heavy (non-hydrogen) atoms. The molecule has 0 aromatic heterocycles. The maximum Gasteiger partial charge on any atom is 0.0920 e. The van der Waals surface area contributed by atoms with Crippen molar-refractivity contribution >= 4 is 47.7 Å². The molecule has 0 saturated carbocycles. The molecule has 4 heteroatoms. The van der Waals surface area contributed by atoms with Gasteiger partial charge in [0.05, 0.1) is 9.52 Å². The summed E-state index contributed by atoms with van der Waals surface area (Å²) >= 11 is -0.826. The van der Waals surface area contributed by atoms with Gasteiger partial charge in [-0.1, -0.05) is 121 Å². The Morgan fingerprint density at radius 2 is 1.43 bits per heavy atom. The molecule has 0 saturated heterocycles. The van der Waals surface area contributed by atoms with Crippen LogP contribution in [0.15, 0.2) is 121 Å². The van der Waals surface area contributed by atoms with Crippen LogP contribution in [0.1, 0.15) is 30.9 Å². The average molecular weight is 679 g/mol. The predicted molar refractivity (Wildman–Crippen MR) is 181 cm³/mol. The zero-order valence-electron chi connectivity index (χ0n) is 23.9. The Bertz CT molecular complexity index is 1710. The summed E-state index contributed by atoms with van der Waals surface area (Å²) in [4.78, 5) is 0. The van der Waals surface area contributed by atoms with Gasteiger partial charge in [0.15, 0.2) is 0 Å². The molecular weight excluding hydrogens is 647 g/mol. The molecule has 0 nitrogen and oxygen atoms in total. The first-order valence-corrected chi connectivity index (χ1v) is 21.6. The molecule has 0 atom stereocenters. The van der Waals surface area contributed by atoms with Crippen molar-refractivity contribution in [2.75, 3.05) is 0 Å². The van der Waals surface area contributed by atoms with Crippen molar-refractivity contribution in [2.45, 2.75) is 33.1 Å². The first kappa shape index (κ1) is 30.8. The van der Waals surface area contributed by atoms with E-state index in [0.29, 0.717) is 0 Å². The molecule has 1 heterocycles. The van der Waals surface area contributed by atoms with Crippen LogP contribution in [0.5, 0.6) is 0 Å². The van der Waals surface area contributed by atoms with Crippen LogP contribution in [0.3, 0.4) is 0 Å². The van der Waals surface area contributed by atoms with E-state index in [1.54, 1.807) is 0 Å². The third kappa shape index (κ3) is 7.12. The maximum atomic E-state index is 4.93. The van der Waals surface area contributed by atoms with Gasteiger partial charge < -0.3 is 0 Å². The molecule has 0 amide bonds. The number of hydrogen-bond donors (Lipinski definition) is 0. The van der Waals surface area contributed by atoms with Gasteiger partial charge in [-0.2, -0.15) is 35.5 Å². The second-order valence-corrected chi connectivity index (χ2v) is 15.4. The molecule has 0 spiro atoms. The zero-order valence-corrected chi connectivity index (χ0v) is 28.9. The van der Waals surface area contributed by atoms with Crippen LogP contribution in [0.4, 0.5) is 0 Å². The monoisotopic (exact) mass is 676 g/mol. The second kappa shape index (κ2) is 15.2. The number of halogens is 2. The zero-order chi connectivity index (χ0) is 29.3. The maximum absolute atomic E-state index is 4.93. The van der Waals surface area contributed by atoms with Crippen molar-refractivity contribution in [2.24, 2.45) is 0 Å². The smallest absolute Gasteiger partial charge is 0.0920 e. The quantitative estimate of drug-likeness (QED) is 0.126. The summed E-state index contributed by atoms with van der Waals surface area (Å²) in [6.45, 7) is 4.49. The summed E-state index contributed by atoms with van der Waals surface area (Å²) < 4.78 is 0. The fraction of sp³-hybridized carbons (Fsp3) is 0.132. The van der Waals surface area contributed by atoms with Gasteiger partial charge in [0.25, 0.3) is 0 Å². The number of aryl methyl sites for hydroxylation is 2. The standard InChI is InChI=1S/C26H25.C12H7Si.2ClH.Zr/c1-3-4-10-20-17-22-16-15-19(2)26(25(22)18-20)24-14-9-8-13-23(24)21-11-6-5-7-12-21;1-3-7-11-9(5-1)10-6-2-4-8-12(10)13-11;;;/h5-9,11-18H,3-4,10H2,1-2H3;1-7H;2*1H;/q2*-1;;;+4/p-2. The topological polar surface area (TPSA) is 0 Å². The van der Waals surface area contributed by atoms with Gasteiger partial charge >= 0.3 is 37.9 Å².